The molecular weight excluding hydrogens is 250 g/mol. The van der Waals surface area contributed by atoms with Crippen molar-refractivity contribution in [1.29, 1.82) is 0 Å². The Morgan fingerprint density at radius 2 is 2.05 bits per heavy atom. The van der Waals surface area contributed by atoms with Crippen LogP contribution in [0.3, 0.4) is 0 Å². The number of hydrogen-bond acceptors (Lipinski definition) is 2. The van der Waals surface area contributed by atoms with Crippen molar-refractivity contribution in [3.8, 4) is 0 Å². The highest BCUT2D eigenvalue weighted by atomic mass is 19.2. The van der Waals surface area contributed by atoms with E-state index in [0.29, 0.717) is 19.5 Å². The van der Waals surface area contributed by atoms with Gasteiger partial charge in [-0.15, -0.1) is 0 Å². The molecule has 0 aromatic heterocycles. The van der Waals surface area contributed by atoms with Crippen LogP contribution in [0.2, 0.25) is 0 Å². The summed E-state index contributed by atoms with van der Waals surface area (Å²) in [5.41, 5.74) is 0.178. The molecule has 3 nitrogen and oxygen atoms in total. The van der Waals surface area contributed by atoms with Crippen LogP contribution in [0.25, 0.3) is 0 Å². The number of nitrogens with zero attached hydrogens (tertiary/aromatic N) is 1. The smallest absolute Gasteiger partial charge is 0.239 e. The maximum absolute atomic E-state index is 13.1. The highest BCUT2D eigenvalue weighted by Crippen LogP contribution is 2.18. The van der Waals surface area contributed by atoms with Crippen LogP contribution in [-0.2, 0) is 11.2 Å². The zero-order valence-corrected chi connectivity index (χ0v) is 11.2. The molecule has 19 heavy (non-hydrogen) atoms. The summed E-state index contributed by atoms with van der Waals surface area (Å²) in [7, 11) is 0. The molecule has 2 rings (SSSR count). The highest BCUT2D eigenvalue weighted by molar-refractivity contribution is 5.86. The van der Waals surface area contributed by atoms with Crippen LogP contribution in [0.15, 0.2) is 18.2 Å². The van der Waals surface area contributed by atoms with Crippen molar-refractivity contribution in [3.63, 3.8) is 0 Å². The average molecular weight is 268 g/mol. The van der Waals surface area contributed by atoms with E-state index in [0.717, 1.165) is 18.2 Å². The Hall–Kier alpha value is -1.49. The molecule has 0 atom stereocenters. The lowest BCUT2D eigenvalue weighted by molar-refractivity contribution is -0.134. The van der Waals surface area contributed by atoms with E-state index in [1.54, 1.807) is 6.07 Å². The number of nitrogens with one attached hydrogen (secondary N) is 1. The number of halogens is 2. The summed E-state index contributed by atoms with van der Waals surface area (Å²) in [6, 6.07) is 3.93. The third-order valence-electron chi connectivity index (χ3n) is 3.67. The first kappa shape index (κ1) is 13.9. The second kappa shape index (κ2) is 5.25. The van der Waals surface area contributed by atoms with Crippen LogP contribution in [0, 0.1) is 11.6 Å². The van der Waals surface area contributed by atoms with E-state index in [-0.39, 0.29) is 5.91 Å². The molecule has 5 heteroatoms. The van der Waals surface area contributed by atoms with Crippen LogP contribution in [0.5, 0.6) is 0 Å². The lowest BCUT2D eigenvalue weighted by atomic mass is 9.98. The van der Waals surface area contributed by atoms with E-state index in [1.807, 2.05) is 13.8 Å². The number of carbonyl (C=O) groups excluding carboxylic acids is 1. The van der Waals surface area contributed by atoms with Gasteiger partial charge in [-0.25, -0.2) is 8.78 Å². The van der Waals surface area contributed by atoms with E-state index >= 15 is 0 Å². The van der Waals surface area contributed by atoms with Crippen LogP contribution in [0.1, 0.15) is 19.4 Å². The number of carbonyl (C=O) groups is 1. The summed E-state index contributed by atoms with van der Waals surface area (Å²) in [6.45, 7) is 5.77. The van der Waals surface area contributed by atoms with E-state index < -0.39 is 17.2 Å². The molecule has 1 amide bonds. The maximum atomic E-state index is 13.1. The Bertz CT molecular complexity index is 488. The summed E-state index contributed by atoms with van der Waals surface area (Å²) in [4.78, 5) is 13.8. The molecule has 1 heterocycles. The number of piperazine rings is 1. The molecule has 1 aromatic rings. The zero-order valence-electron chi connectivity index (χ0n) is 11.2. The van der Waals surface area contributed by atoms with Crippen molar-refractivity contribution in [2.24, 2.45) is 0 Å². The van der Waals surface area contributed by atoms with Gasteiger partial charge >= 0.3 is 0 Å². The Morgan fingerprint density at radius 1 is 1.32 bits per heavy atom. The molecule has 0 bridgehead atoms. The topological polar surface area (TPSA) is 32.3 Å². The van der Waals surface area contributed by atoms with E-state index in [9.17, 15) is 13.6 Å². The summed E-state index contributed by atoms with van der Waals surface area (Å²) in [6.07, 6.45) is 0.591. The van der Waals surface area contributed by atoms with Gasteiger partial charge in [-0.05, 0) is 38.0 Å². The number of hydrogen-bond donors (Lipinski definition) is 1. The number of rotatable bonds is 3. The molecular formula is C14H18F2N2O. The first-order valence-corrected chi connectivity index (χ1v) is 6.38. The standard InChI is InChI=1S/C14H18F2N2O/c1-14(2)13(19)17-6-8-18(14)7-5-10-3-4-11(15)12(16)9-10/h3-4,9H,5-8H2,1-2H3,(H,17,19). The minimum Gasteiger partial charge on any atom is -0.353 e. The molecule has 0 aliphatic carbocycles. The van der Waals surface area contributed by atoms with Crippen molar-refractivity contribution in [1.82, 2.24) is 10.2 Å². The van der Waals surface area contributed by atoms with Gasteiger partial charge in [-0.1, -0.05) is 6.07 Å². The molecule has 1 aliphatic heterocycles. The van der Waals surface area contributed by atoms with Gasteiger partial charge in [-0.3, -0.25) is 9.69 Å². The fraction of sp³-hybridized carbons (Fsp3) is 0.500. The first-order chi connectivity index (χ1) is 8.91. The Balaban J connectivity index is 2.01. The first-order valence-electron chi connectivity index (χ1n) is 6.38. The van der Waals surface area contributed by atoms with Gasteiger partial charge in [0.1, 0.15) is 0 Å². The third kappa shape index (κ3) is 2.92. The van der Waals surface area contributed by atoms with Crippen LogP contribution in [-0.4, -0.2) is 36.0 Å². The van der Waals surface area contributed by atoms with Crippen LogP contribution < -0.4 is 5.32 Å². The minimum absolute atomic E-state index is 0.00374. The monoisotopic (exact) mass is 268 g/mol. The summed E-state index contributed by atoms with van der Waals surface area (Å²) in [5, 5.41) is 2.83. The molecule has 0 unspecified atom stereocenters. The molecule has 104 valence electrons. The van der Waals surface area contributed by atoms with E-state index in [2.05, 4.69) is 10.2 Å². The van der Waals surface area contributed by atoms with Crippen molar-refractivity contribution in [3.05, 3.63) is 35.4 Å². The van der Waals surface area contributed by atoms with Crippen molar-refractivity contribution >= 4 is 5.91 Å². The fourth-order valence-corrected chi connectivity index (χ4v) is 2.29. The molecule has 1 aromatic carbocycles. The summed E-state index contributed by atoms with van der Waals surface area (Å²) < 4.78 is 25.9. The molecule has 0 spiro atoms. The van der Waals surface area contributed by atoms with Gasteiger partial charge in [0.25, 0.3) is 0 Å². The normalized spacial score (nSPS) is 19.3. The van der Waals surface area contributed by atoms with E-state index in [4.69, 9.17) is 0 Å². The number of benzene rings is 1. The van der Waals surface area contributed by atoms with Gasteiger partial charge in [0.15, 0.2) is 11.6 Å². The molecule has 1 saturated heterocycles. The predicted octanol–water partition coefficient (Wildman–Crippen LogP) is 1.72. The lowest BCUT2D eigenvalue weighted by Gasteiger charge is -2.41. The largest absolute Gasteiger partial charge is 0.353 e. The zero-order chi connectivity index (χ0) is 14.0. The molecule has 0 radical (unpaired) electrons. The molecule has 1 fully saturated rings. The Morgan fingerprint density at radius 3 is 2.74 bits per heavy atom. The number of amides is 1. The summed E-state index contributed by atoms with van der Waals surface area (Å²) >= 11 is 0. The average Bonchev–Trinajstić information content (AvgIpc) is 2.35. The van der Waals surface area contributed by atoms with Gasteiger partial charge in [0.05, 0.1) is 5.54 Å². The minimum atomic E-state index is -0.832. The quantitative estimate of drug-likeness (QED) is 0.905. The third-order valence-corrected chi connectivity index (χ3v) is 3.67. The van der Waals surface area contributed by atoms with Crippen molar-refractivity contribution in [2.75, 3.05) is 19.6 Å². The van der Waals surface area contributed by atoms with Crippen molar-refractivity contribution < 1.29 is 13.6 Å². The Labute approximate surface area is 111 Å². The SMILES string of the molecule is CC1(C)C(=O)NCCN1CCc1ccc(F)c(F)c1. The molecule has 1 aliphatic rings. The van der Waals surface area contributed by atoms with Gasteiger partial charge in [-0.2, -0.15) is 0 Å². The van der Waals surface area contributed by atoms with Crippen LogP contribution >= 0.6 is 0 Å². The second-order valence-electron chi connectivity index (χ2n) is 5.30. The molecule has 0 saturated carbocycles. The van der Waals surface area contributed by atoms with Crippen LogP contribution in [0.4, 0.5) is 8.78 Å². The van der Waals surface area contributed by atoms with Gasteiger partial charge in [0, 0.05) is 19.6 Å². The highest BCUT2D eigenvalue weighted by Gasteiger charge is 2.36. The van der Waals surface area contributed by atoms with Crippen molar-refractivity contribution in [2.45, 2.75) is 25.8 Å². The molecule has 1 N–H and O–H groups in total. The summed E-state index contributed by atoms with van der Waals surface area (Å²) in [5.74, 6) is -1.65. The van der Waals surface area contributed by atoms with Gasteiger partial charge < -0.3 is 5.32 Å². The fourth-order valence-electron chi connectivity index (χ4n) is 2.29. The Kier molecular flexibility index (Phi) is 3.85. The van der Waals surface area contributed by atoms with Gasteiger partial charge in [0.2, 0.25) is 5.91 Å². The predicted molar refractivity (Wildman–Crippen MR) is 68.7 cm³/mol. The lowest BCUT2D eigenvalue weighted by Crippen LogP contribution is -2.62. The second-order valence-corrected chi connectivity index (χ2v) is 5.30. The maximum Gasteiger partial charge on any atom is 0.239 e. The van der Waals surface area contributed by atoms with E-state index in [1.165, 1.54) is 6.07 Å².